The lowest BCUT2D eigenvalue weighted by Crippen LogP contribution is -2.45. The van der Waals surface area contributed by atoms with Crippen LogP contribution >= 0.6 is 36.6 Å². The fourth-order valence-electron chi connectivity index (χ4n) is 3.33. The fourth-order valence-corrected chi connectivity index (χ4v) is 4.24. The molecular formula is C22H32Cl2FN5O3S. The maximum atomic E-state index is 13.9. The second kappa shape index (κ2) is 14.5. The molecule has 0 unspecified atom stereocenters. The molecular weight excluding hydrogens is 504 g/mol. The molecule has 34 heavy (non-hydrogen) atoms. The topological polar surface area (TPSA) is 77.5 Å². The van der Waals surface area contributed by atoms with Crippen molar-refractivity contribution in [1.82, 2.24) is 20.2 Å². The highest BCUT2D eigenvalue weighted by Crippen LogP contribution is 2.33. The highest BCUT2D eigenvalue weighted by molar-refractivity contribution is 8.18. The Labute approximate surface area is 216 Å². The summed E-state index contributed by atoms with van der Waals surface area (Å²) >= 11 is 1.22. The Bertz CT molecular complexity index is 909. The van der Waals surface area contributed by atoms with E-state index < -0.39 is 17.8 Å². The van der Waals surface area contributed by atoms with E-state index in [2.05, 4.69) is 29.2 Å². The van der Waals surface area contributed by atoms with Gasteiger partial charge < -0.3 is 14.5 Å². The number of halogens is 3. The smallest absolute Gasteiger partial charge is 0.410 e. The number of amidine groups is 1. The third-order valence-electron chi connectivity index (χ3n) is 5.36. The standard InChI is InChI=1S/C22H30FN5O3S.2ClH/c1-4-27(5-2)13-12-26(3)22(30)31-18-9-8-17(23)14-16(18)15-19-20(29)25-21(32-19)28-11-7-6-10-24-28;;/h8-9,14-15,24H,4-7,10-13H2,1-3H3;2*1H. The predicted molar refractivity (Wildman–Crippen MR) is 139 cm³/mol. The van der Waals surface area contributed by atoms with Gasteiger partial charge in [0, 0.05) is 38.8 Å². The summed E-state index contributed by atoms with van der Waals surface area (Å²) in [4.78, 5) is 33.1. The lowest BCUT2D eigenvalue weighted by atomic mass is 10.2. The zero-order valence-electron chi connectivity index (χ0n) is 19.6. The van der Waals surface area contributed by atoms with Crippen molar-refractivity contribution in [2.24, 2.45) is 4.99 Å². The summed E-state index contributed by atoms with van der Waals surface area (Å²) in [5.41, 5.74) is 3.53. The minimum Gasteiger partial charge on any atom is -0.410 e. The molecule has 0 saturated carbocycles. The Morgan fingerprint density at radius 3 is 2.65 bits per heavy atom. The SMILES string of the molecule is CCN(CC)CCN(C)C(=O)Oc1ccc(F)cc1C=C1SC(N2CCCCN2)=NC1=O.Cl.Cl. The van der Waals surface area contributed by atoms with Gasteiger partial charge >= 0.3 is 6.09 Å². The van der Waals surface area contributed by atoms with Crippen molar-refractivity contribution in [3.63, 3.8) is 0 Å². The van der Waals surface area contributed by atoms with Crippen LogP contribution in [0, 0.1) is 5.82 Å². The zero-order chi connectivity index (χ0) is 23.1. The van der Waals surface area contributed by atoms with Gasteiger partial charge in [-0.15, -0.1) is 24.8 Å². The van der Waals surface area contributed by atoms with Crippen LogP contribution in [0.4, 0.5) is 9.18 Å². The second-order valence-electron chi connectivity index (χ2n) is 7.58. The van der Waals surface area contributed by atoms with Crippen molar-refractivity contribution >= 4 is 59.8 Å². The molecule has 0 aliphatic carbocycles. The Kier molecular flexibility index (Phi) is 12.9. The van der Waals surface area contributed by atoms with Crippen LogP contribution in [-0.4, -0.2) is 78.3 Å². The van der Waals surface area contributed by atoms with Crippen LogP contribution in [0.5, 0.6) is 5.75 Å². The first-order valence-corrected chi connectivity index (χ1v) is 11.7. The van der Waals surface area contributed by atoms with Gasteiger partial charge in [0.05, 0.1) is 4.91 Å². The summed E-state index contributed by atoms with van der Waals surface area (Å²) in [6, 6.07) is 3.87. The Balaban J connectivity index is 0.00000289. The maximum Gasteiger partial charge on any atom is 0.415 e. The number of benzene rings is 1. The van der Waals surface area contributed by atoms with E-state index in [1.165, 1.54) is 40.9 Å². The fraction of sp³-hybridized carbons (Fsp3) is 0.500. The quantitative estimate of drug-likeness (QED) is 0.528. The van der Waals surface area contributed by atoms with Gasteiger partial charge in [-0.2, -0.15) is 4.99 Å². The molecule has 2 heterocycles. The molecule has 1 saturated heterocycles. The van der Waals surface area contributed by atoms with Gasteiger partial charge in [0.2, 0.25) is 0 Å². The second-order valence-corrected chi connectivity index (χ2v) is 8.58. The summed E-state index contributed by atoms with van der Waals surface area (Å²) in [6.45, 7) is 8.78. The van der Waals surface area contributed by atoms with Gasteiger partial charge in [0.25, 0.3) is 5.91 Å². The van der Waals surface area contributed by atoms with E-state index in [-0.39, 0.29) is 30.6 Å². The number of carbonyl (C=O) groups is 2. The first-order chi connectivity index (χ1) is 15.4. The number of thioether (sulfide) groups is 1. The van der Waals surface area contributed by atoms with Crippen LogP contribution in [0.15, 0.2) is 28.1 Å². The first-order valence-electron chi connectivity index (χ1n) is 10.9. The lowest BCUT2D eigenvalue weighted by molar-refractivity contribution is -0.113. The molecule has 1 aromatic rings. The largest absolute Gasteiger partial charge is 0.415 e. The van der Waals surface area contributed by atoms with Gasteiger partial charge in [0.1, 0.15) is 11.6 Å². The average molecular weight is 537 g/mol. The van der Waals surface area contributed by atoms with Gasteiger partial charge in [-0.25, -0.2) is 14.6 Å². The van der Waals surface area contributed by atoms with E-state index in [1.54, 1.807) is 7.05 Å². The number of amides is 2. The van der Waals surface area contributed by atoms with Gasteiger partial charge in [0.15, 0.2) is 5.17 Å². The molecule has 2 amide bonds. The minimum absolute atomic E-state index is 0. The van der Waals surface area contributed by atoms with Gasteiger partial charge in [-0.3, -0.25) is 9.80 Å². The summed E-state index contributed by atoms with van der Waals surface area (Å²) in [5, 5.41) is 2.44. The normalized spacial score (nSPS) is 16.7. The third-order valence-corrected chi connectivity index (χ3v) is 6.37. The summed E-state index contributed by atoms with van der Waals surface area (Å²) in [7, 11) is 1.66. The molecule has 190 valence electrons. The number of nitrogens with zero attached hydrogens (tertiary/aromatic N) is 4. The van der Waals surface area contributed by atoms with E-state index in [0.717, 1.165) is 45.6 Å². The molecule has 0 aromatic heterocycles. The number of ether oxygens (including phenoxy) is 1. The molecule has 12 heteroatoms. The van der Waals surface area contributed by atoms with Crippen LogP contribution in [0.2, 0.25) is 0 Å². The van der Waals surface area contributed by atoms with Crippen LogP contribution in [-0.2, 0) is 4.79 Å². The Hall–Kier alpha value is -1.85. The highest BCUT2D eigenvalue weighted by atomic mass is 35.5. The number of nitrogens with one attached hydrogen (secondary N) is 1. The average Bonchev–Trinajstić information content (AvgIpc) is 3.16. The molecule has 2 aliphatic heterocycles. The first kappa shape index (κ1) is 30.2. The lowest BCUT2D eigenvalue weighted by Gasteiger charge is -2.28. The van der Waals surface area contributed by atoms with Crippen molar-refractivity contribution in [3.8, 4) is 5.75 Å². The maximum absolute atomic E-state index is 13.9. The van der Waals surface area contributed by atoms with Crippen LogP contribution < -0.4 is 10.2 Å². The van der Waals surface area contributed by atoms with E-state index in [9.17, 15) is 14.0 Å². The van der Waals surface area contributed by atoms with Crippen molar-refractivity contribution in [3.05, 3.63) is 34.5 Å². The molecule has 0 spiro atoms. The van der Waals surface area contributed by atoms with Crippen LogP contribution in [0.25, 0.3) is 6.08 Å². The van der Waals surface area contributed by atoms with Crippen molar-refractivity contribution in [2.75, 3.05) is 46.3 Å². The van der Waals surface area contributed by atoms with E-state index in [0.29, 0.717) is 22.2 Å². The molecule has 2 aliphatic rings. The summed E-state index contributed by atoms with van der Waals surface area (Å²) in [6.07, 6.45) is 3.08. The number of hydrogen-bond donors (Lipinski definition) is 1. The van der Waals surface area contributed by atoms with Gasteiger partial charge in [-0.1, -0.05) is 13.8 Å². The van der Waals surface area contributed by atoms with E-state index >= 15 is 0 Å². The molecule has 0 atom stereocenters. The molecule has 1 N–H and O–H groups in total. The molecule has 1 fully saturated rings. The molecule has 0 radical (unpaired) electrons. The van der Waals surface area contributed by atoms with Crippen molar-refractivity contribution in [1.29, 1.82) is 0 Å². The van der Waals surface area contributed by atoms with Crippen molar-refractivity contribution < 1.29 is 18.7 Å². The summed E-state index contributed by atoms with van der Waals surface area (Å²) in [5.74, 6) is -0.687. The monoisotopic (exact) mass is 535 g/mol. The molecule has 3 rings (SSSR count). The Morgan fingerprint density at radius 2 is 2.00 bits per heavy atom. The predicted octanol–water partition coefficient (Wildman–Crippen LogP) is 4.01. The number of carbonyl (C=O) groups excluding carboxylic acids is 2. The Morgan fingerprint density at radius 1 is 1.26 bits per heavy atom. The minimum atomic E-state index is -0.539. The molecule has 8 nitrogen and oxygen atoms in total. The van der Waals surface area contributed by atoms with E-state index in [1.807, 2.05) is 5.01 Å². The number of hydrazine groups is 1. The summed E-state index contributed by atoms with van der Waals surface area (Å²) < 4.78 is 19.5. The third kappa shape index (κ3) is 8.13. The highest BCUT2D eigenvalue weighted by Gasteiger charge is 2.27. The number of rotatable bonds is 7. The van der Waals surface area contributed by atoms with E-state index in [4.69, 9.17) is 4.74 Å². The number of hydrogen-bond acceptors (Lipinski definition) is 7. The van der Waals surface area contributed by atoms with Crippen LogP contribution in [0.1, 0.15) is 32.3 Å². The van der Waals surface area contributed by atoms with Crippen molar-refractivity contribution in [2.45, 2.75) is 26.7 Å². The number of likely N-dealkylation sites (N-methyl/N-ethyl adjacent to an activating group) is 2. The molecule has 0 bridgehead atoms. The zero-order valence-corrected chi connectivity index (χ0v) is 22.0. The number of aliphatic imine (C=N–C) groups is 1. The molecule has 1 aromatic carbocycles. The van der Waals surface area contributed by atoms with Crippen LogP contribution in [0.3, 0.4) is 0 Å². The van der Waals surface area contributed by atoms with Gasteiger partial charge in [-0.05, 0) is 62.0 Å².